The molecule has 3 N–H and O–H groups in total. The summed E-state index contributed by atoms with van der Waals surface area (Å²) >= 11 is 10.9. The van der Waals surface area contributed by atoms with Crippen LogP contribution in [-0.4, -0.2) is 78.7 Å². The number of likely N-dealkylation sites (tertiary alicyclic amines) is 2. The molecule has 2 unspecified atom stereocenters. The quantitative estimate of drug-likeness (QED) is 0.451. The summed E-state index contributed by atoms with van der Waals surface area (Å²) in [7, 11) is 0. The molecule has 0 spiro atoms. The highest BCUT2D eigenvalue weighted by molar-refractivity contribution is 7.90. The number of piperidine rings is 1. The molecule has 208 valence electrons. The summed E-state index contributed by atoms with van der Waals surface area (Å²) < 4.78 is 20.9. The number of aliphatic hydroxyl groups is 1. The Labute approximate surface area is 231 Å². The van der Waals surface area contributed by atoms with Crippen LogP contribution in [0.25, 0.3) is 0 Å². The summed E-state index contributed by atoms with van der Waals surface area (Å²) in [6.45, 7) is 11.3. The minimum atomic E-state index is -1.64. The van der Waals surface area contributed by atoms with Gasteiger partial charge in [-0.05, 0) is 66.4 Å². The van der Waals surface area contributed by atoms with Crippen molar-refractivity contribution in [3.8, 4) is 5.75 Å². The highest BCUT2D eigenvalue weighted by atomic mass is 35.5. The van der Waals surface area contributed by atoms with Crippen molar-refractivity contribution in [1.82, 2.24) is 14.5 Å². The van der Waals surface area contributed by atoms with E-state index >= 15 is 0 Å². The lowest BCUT2D eigenvalue weighted by molar-refractivity contribution is -0.170. The number of nitrogens with zero attached hydrogens (tertiary/aromatic N) is 2. The van der Waals surface area contributed by atoms with Crippen molar-refractivity contribution in [3.05, 3.63) is 27.7 Å². The number of benzene rings is 1. The maximum atomic E-state index is 13.1. The van der Waals surface area contributed by atoms with Crippen molar-refractivity contribution in [2.24, 2.45) is 5.92 Å². The fourth-order valence-electron chi connectivity index (χ4n) is 4.41. The zero-order chi connectivity index (χ0) is 27.9. The third kappa shape index (κ3) is 7.16. The van der Waals surface area contributed by atoms with Crippen LogP contribution in [0, 0.1) is 5.92 Å². The monoisotopic (exact) mass is 577 g/mol. The molecular formula is C25H37Cl2N3O6S. The Morgan fingerprint density at radius 1 is 1.11 bits per heavy atom. The normalized spacial score (nSPS) is 20.3. The molecule has 2 atom stereocenters. The van der Waals surface area contributed by atoms with E-state index in [0.717, 1.165) is 0 Å². The number of halogens is 2. The molecule has 2 fully saturated rings. The number of nitrogens with one attached hydrogen (secondary N) is 1. The van der Waals surface area contributed by atoms with Gasteiger partial charge >= 0.3 is 6.09 Å². The van der Waals surface area contributed by atoms with Crippen molar-refractivity contribution < 1.29 is 29.1 Å². The topological polar surface area (TPSA) is 125 Å². The van der Waals surface area contributed by atoms with Gasteiger partial charge in [0.05, 0.1) is 29.2 Å². The molecule has 12 heteroatoms. The van der Waals surface area contributed by atoms with Gasteiger partial charge in [0.15, 0.2) is 5.60 Å². The number of amides is 2. The number of β-amino-alcohol motifs (C(OH)–C–C–N with tert-alkyl or cyclic N) is 1. The molecule has 2 heterocycles. The lowest BCUT2D eigenvalue weighted by Crippen LogP contribution is -2.71. The van der Waals surface area contributed by atoms with Gasteiger partial charge in [-0.25, -0.2) is 4.79 Å². The molecule has 0 aromatic heterocycles. The molecule has 0 aliphatic carbocycles. The van der Waals surface area contributed by atoms with E-state index in [1.807, 2.05) is 20.8 Å². The first kappa shape index (κ1) is 30.1. The molecule has 0 saturated carbocycles. The highest BCUT2D eigenvalue weighted by Crippen LogP contribution is 2.40. The fraction of sp³-hybridized carbons (Fsp3) is 0.680. The second-order valence-electron chi connectivity index (χ2n) is 11.8. The van der Waals surface area contributed by atoms with Gasteiger partial charge in [0.1, 0.15) is 16.1 Å². The molecule has 3 rings (SSSR count). The molecule has 2 aliphatic rings. The van der Waals surface area contributed by atoms with Gasteiger partial charge in [-0.3, -0.25) is 4.79 Å². The predicted molar refractivity (Wildman–Crippen MR) is 144 cm³/mol. The smallest absolute Gasteiger partial charge is 0.410 e. The van der Waals surface area contributed by atoms with E-state index < -0.39 is 45.4 Å². The first-order chi connectivity index (χ1) is 16.9. The zero-order valence-corrected chi connectivity index (χ0v) is 24.5. The number of ether oxygens (including phenoxy) is 1. The van der Waals surface area contributed by atoms with Gasteiger partial charge in [0, 0.05) is 36.1 Å². The Morgan fingerprint density at radius 2 is 1.65 bits per heavy atom. The van der Waals surface area contributed by atoms with Crippen molar-refractivity contribution in [2.75, 3.05) is 26.2 Å². The number of hydrogen-bond donors (Lipinski definition) is 3. The van der Waals surface area contributed by atoms with Crippen molar-refractivity contribution in [3.63, 3.8) is 0 Å². The second kappa shape index (κ2) is 11.0. The van der Waals surface area contributed by atoms with Crippen LogP contribution < -0.4 is 4.72 Å². The highest BCUT2D eigenvalue weighted by Gasteiger charge is 2.53. The second-order valence-corrected chi connectivity index (χ2v) is 14.6. The Morgan fingerprint density at radius 3 is 2.16 bits per heavy atom. The van der Waals surface area contributed by atoms with Crippen LogP contribution in [0.3, 0.4) is 0 Å². The van der Waals surface area contributed by atoms with Gasteiger partial charge in [0.2, 0.25) is 0 Å². The van der Waals surface area contributed by atoms with Crippen LogP contribution in [-0.2, 0) is 20.9 Å². The lowest BCUT2D eigenvalue weighted by Gasteiger charge is -2.48. The maximum absolute atomic E-state index is 13.1. The molecule has 1 aromatic rings. The first-order valence-corrected chi connectivity index (χ1v) is 14.2. The molecule has 2 amide bonds. The Balaban J connectivity index is 1.68. The van der Waals surface area contributed by atoms with Gasteiger partial charge in [-0.1, -0.05) is 23.2 Å². The molecule has 2 saturated heterocycles. The van der Waals surface area contributed by atoms with E-state index in [-0.39, 0.29) is 34.8 Å². The number of aromatic hydroxyl groups is 1. The summed E-state index contributed by atoms with van der Waals surface area (Å²) in [5.41, 5.74) is -1.82. The van der Waals surface area contributed by atoms with Crippen LogP contribution >= 0.6 is 23.2 Å². The van der Waals surface area contributed by atoms with E-state index in [2.05, 4.69) is 4.72 Å². The molecular weight excluding hydrogens is 541 g/mol. The van der Waals surface area contributed by atoms with Crippen molar-refractivity contribution >= 4 is 46.6 Å². The van der Waals surface area contributed by atoms with E-state index in [1.165, 1.54) is 11.0 Å². The van der Waals surface area contributed by atoms with Gasteiger partial charge in [-0.15, -0.1) is 4.72 Å². The SMILES string of the molecule is CC(C)(C)OC(=O)N1CC(O)(C(=O)N2CCC(C(N[S+]([O-])C(C)(C)C)c3cc(Cl)c(Cl)cc3O)CC2)C1. The van der Waals surface area contributed by atoms with Gasteiger partial charge in [0.25, 0.3) is 5.91 Å². The zero-order valence-electron chi connectivity index (χ0n) is 22.1. The largest absolute Gasteiger partial charge is 0.598 e. The van der Waals surface area contributed by atoms with Crippen LogP contribution in [0.15, 0.2) is 12.1 Å². The Hall–Kier alpha value is -1.43. The van der Waals surface area contributed by atoms with Crippen LogP contribution in [0.2, 0.25) is 10.0 Å². The molecule has 37 heavy (non-hydrogen) atoms. The lowest BCUT2D eigenvalue weighted by atomic mass is 9.84. The van der Waals surface area contributed by atoms with Gasteiger partial charge in [-0.2, -0.15) is 0 Å². The summed E-state index contributed by atoms with van der Waals surface area (Å²) in [5, 5.41) is 22.0. The number of phenolic OH excluding ortho intramolecular Hbond substituents is 1. The molecule has 0 bridgehead atoms. The third-order valence-electron chi connectivity index (χ3n) is 6.45. The standard InChI is InChI=1S/C25H37Cl2N3O6S/c1-23(2,3)36-22(33)30-13-25(34,14-30)21(32)29-9-7-15(8-10-29)20(28-37(35)24(4,5)6)16-11-17(26)18(27)12-19(16)31/h11-12,15,20,28,31,34H,7-10,13-14H2,1-6H3. The van der Waals surface area contributed by atoms with Crippen molar-refractivity contribution in [1.29, 1.82) is 0 Å². The molecule has 9 nitrogen and oxygen atoms in total. The van der Waals surface area contributed by atoms with Crippen molar-refractivity contribution in [2.45, 2.75) is 76.4 Å². The number of carbonyl (C=O) groups excluding carboxylic acids is 2. The Bertz CT molecular complexity index is 1010. The van der Waals surface area contributed by atoms with Crippen LogP contribution in [0.5, 0.6) is 5.75 Å². The summed E-state index contributed by atoms with van der Waals surface area (Å²) in [6, 6.07) is 2.45. The predicted octanol–water partition coefficient (Wildman–Crippen LogP) is 4.01. The van der Waals surface area contributed by atoms with E-state index in [9.17, 15) is 24.4 Å². The fourth-order valence-corrected chi connectivity index (χ4v) is 5.65. The Kier molecular flexibility index (Phi) is 8.94. The maximum Gasteiger partial charge on any atom is 0.410 e. The average molecular weight is 579 g/mol. The van der Waals surface area contributed by atoms with E-state index in [1.54, 1.807) is 31.7 Å². The third-order valence-corrected chi connectivity index (χ3v) is 8.75. The van der Waals surface area contributed by atoms with E-state index in [4.69, 9.17) is 27.9 Å². The molecule has 0 radical (unpaired) electrons. The summed E-state index contributed by atoms with van der Waals surface area (Å²) in [5.74, 6) is -0.555. The van der Waals surface area contributed by atoms with Gasteiger partial charge < -0.3 is 29.3 Å². The first-order valence-electron chi connectivity index (χ1n) is 12.3. The molecule has 1 aromatic carbocycles. The number of phenols is 1. The minimum Gasteiger partial charge on any atom is -0.598 e. The van der Waals surface area contributed by atoms with Crippen LogP contribution in [0.1, 0.15) is 66.0 Å². The summed E-state index contributed by atoms with van der Waals surface area (Å²) in [4.78, 5) is 28.2. The van der Waals surface area contributed by atoms with Crippen LogP contribution in [0.4, 0.5) is 4.79 Å². The number of hydrogen-bond acceptors (Lipinski definition) is 7. The summed E-state index contributed by atoms with van der Waals surface area (Å²) in [6.07, 6.45) is 0.512. The molecule has 2 aliphatic heterocycles. The average Bonchev–Trinajstić information content (AvgIpc) is 2.75. The number of rotatable bonds is 5. The van der Waals surface area contributed by atoms with E-state index in [0.29, 0.717) is 31.5 Å². The number of carbonyl (C=O) groups is 2. The minimum absolute atomic E-state index is 0.0534.